The molecule has 0 bridgehead atoms. The van der Waals surface area contributed by atoms with Crippen LogP contribution in [0.25, 0.3) is 10.9 Å². The Bertz CT molecular complexity index is 1340. The standard InChI is InChI=1S/C24H28N4O2S2/c1-16-20(17(2)28(27-16)18-9-11-32(29,30)15-18)12-25-13-22(24-8-5-10-31-24)21-14-26-23-7-4-3-6-19(21)23/h3-8,10,14,18,22,25-26H,9,11-13,15H2,1-2H3/t18-,22-/m1/s1. The Morgan fingerprint density at radius 1 is 1.25 bits per heavy atom. The van der Waals surface area contributed by atoms with E-state index in [4.69, 9.17) is 5.10 Å². The molecule has 4 aromatic rings. The predicted octanol–water partition coefficient (Wildman–Crippen LogP) is 4.32. The third-order valence-corrected chi connectivity index (χ3v) is 9.30. The van der Waals surface area contributed by atoms with Gasteiger partial charge in [0, 0.05) is 52.2 Å². The Morgan fingerprint density at radius 2 is 2.09 bits per heavy atom. The SMILES string of the molecule is Cc1nn([C@@H]2CCS(=O)(=O)C2)c(C)c1CNC[C@@H](c1cccs1)c1c[nH]c2ccccc12. The maximum absolute atomic E-state index is 11.9. The van der Waals surface area contributed by atoms with Crippen molar-refractivity contribution in [2.75, 3.05) is 18.1 Å². The molecule has 1 aliphatic rings. The first-order valence-corrected chi connectivity index (χ1v) is 13.7. The number of para-hydroxylation sites is 1. The number of sulfone groups is 1. The van der Waals surface area contributed by atoms with Gasteiger partial charge in [0.25, 0.3) is 0 Å². The van der Waals surface area contributed by atoms with Gasteiger partial charge in [0.2, 0.25) is 0 Å². The molecule has 1 saturated heterocycles. The van der Waals surface area contributed by atoms with Gasteiger partial charge in [0.1, 0.15) is 0 Å². The normalized spacial score (nSPS) is 19.0. The number of aryl methyl sites for hydroxylation is 1. The molecule has 6 nitrogen and oxygen atoms in total. The van der Waals surface area contributed by atoms with Crippen LogP contribution in [0.3, 0.4) is 0 Å². The van der Waals surface area contributed by atoms with Crippen LogP contribution in [0.5, 0.6) is 0 Å². The van der Waals surface area contributed by atoms with Crippen molar-refractivity contribution in [2.45, 2.75) is 38.8 Å². The van der Waals surface area contributed by atoms with E-state index in [9.17, 15) is 8.42 Å². The van der Waals surface area contributed by atoms with E-state index in [1.165, 1.54) is 15.8 Å². The van der Waals surface area contributed by atoms with Crippen molar-refractivity contribution < 1.29 is 8.42 Å². The Labute approximate surface area is 192 Å². The zero-order valence-electron chi connectivity index (χ0n) is 18.3. The molecule has 1 aliphatic heterocycles. The molecule has 0 unspecified atom stereocenters. The lowest BCUT2D eigenvalue weighted by molar-refractivity contribution is 0.485. The van der Waals surface area contributed by atoms with E-state index >= 15 is 0 Å². The van der Waals surface area contributed by atoms with Crippen LogP contribution in [0, 0.1) is 13.8 Å². The molecular weight excluding hydrogens is 440 g/mol. The summed E-state index contributed by atoms with van der Waals surface area (Å²) in [5.74, 6) is 0.710. The smallest absolute Gasteiger partial charge is 0.152 e. The van der Waals surface area contributed by atoms with Crippen LogP contribution < -0.4 is 5.32 Å². The van der Waals surface area contributed by atoms with E-state index < -0.39 is 9.84 Å². The molecule has 1 fully saturated rings. The molecule has 168 valence electrons. The summed E-state index contributed by atoms with van der Waals surface area (Å²) in [5, 5.41) is 11.8. The minimum absolute atomic E-state index is 0.0439. The van der Waals surface area contributed by atoms with Crippen molar-refractivity contribution in [3.05, 3.63) is 75.4 Å². The predicted molar refractivity (Wildman–Crippen MR) is 130 cm³/mol. The first-order valence-electron chi connectivity index (χ1n) is 11.0. The Morgan fingerprint density at radius 3 is 2.84 bits per heavy atom. The van der Waals surface area contributed by atoms with E-state index in [1.54, 1.807) is 11.3 Å². The van der Waals surface area contributed by atoms with Crippen LogP contribution in [0.2, 0.25) is 0 Å². The fraction of sp³-hybridized carbons (Fsp3) is 0.375. The van der Waals surface area contributed by atoms with E-state index in [2.05, 4.69) is 65.2 Å². The number of aromatic nitrogens is 3. The zero-order chi connectivity index (χ0) is 22.3. The summed E-state index contributed by atoms with van der Waals surface area (Å²) in [6.45, 7) is 5.59. The van der Waals surface area contributed by atoms with Crippen LogP contribution in [0.1, 0.15) is 45.8 Å². The topological polar surface area (TPSA) is 79.8 Å². The lowest BCUT2D eigenvalue weighted by atomic mass is 9.96. The van der Waals surface area contributed by atoms with E-state index in [1.807, 2.05) is 11.6 Å². The van der Waals surface area contributed by atoms with Gasteiger partial charge in [-0.3, -0.25) is 4.68 Å². The summed E-state index contributed by atoms with van der Waals surface area (Å²) in [4.78, 5) is 4.75. The van der Waals surface area contributed by atoms with Gasteiger partial charge in [-0.05, 0) is 43.3 Å². The average Bonchev–Trinajstić information content (AvgIpc) is 3.55. The number of nitrogens with one attached hydrogen (secondary N) is 2. The van der Waals surface area contributed by atoms with Crippen molar-refractivity contribution in [3.8, 4) is 0 Å². The maximum Gasteiger partial charge on any atom is 0.152 e. The molecule has 3 aromatic heterocycles. The monoisotopic (exact) mass is 468 g/mol. The van der Waals surface area contributed by atoms with Crippen LogP contribution >= 0.6 is 11.3 Å². The Balaban J connectivity index is 1.35. The summed E-state index contributed by atoms with van der Waals surface area (Å²) in [6, 6.07) is 12.7. The van der Waals surface area contributed by atoms with Crippen molar-refractivity contribution >= 4 is 32.1 Å². The van der Waals surface area contributed by atoms with E-state index in [-0.39, 0.29) is 23.5 Å². The average molecular weight is 469 g/mol. The molecular formula is C24H28N4O2S2. The lowest BCUT2D eigenvalue weighted by Crippen LogP contribution is -2.22. The fourth-order valence-electron chi connectivity index (χ4n) is 4.85. The second-order valence-electron chi connectivity index (χ2n) is 8.64. The molecule has 5 rings (SSSR count). The number of thiophene rings is 1. The first kappa shape index (κ1) is 21.4. The fourth-order valence-corrected chi connectivity index (χ4v) is 7.39. The third kappa shape index (κ3) is 4.02. The largest absolute Gasteiger partial charge is 0.361 e. The van der Waals surface area contributed by atoms with Gasteiger partial charge < -0.3 is 10.3 Å². The number of nitrogens with zero attached hydrogens (tertiary/aromatic N) is 2. The highest BCUT2D eigenvalue weighted by Gasteiger charge is 2.31. The zero-order valence-corrected chi connectivity index (χ0v) is 20.0. The van der Waals surface area contributed by atoms with Gasteiger partial charge in [-0.2, -0.15) is 5.10 Å². The second kappa shape index (κ2) is 8.50. The van der Waals surface area contributed by atoms with Gasteiger partial charge in [0.05, 0.1) is 23.2 Å². The number of aromatic amines is 1. The van der Waals surface area contributed by atoms with Crippen molar-refractivity contribution in [1.29, 1.82) is 0 Å². The molecule has 8 heteroatoms. The summed E-state index contributed by atoms with van der Waals surface area (Å²) in [6.07, 6.45) is 2.78. The number of fused-ring (bicyclic) bond motifs is 1. The van der Waals surface area contributed by atoms with Crippen LogP contribution in [-0.2, 0) is 16.4 Å². The Hall–Kier alpha value is -2.42. The quantitative estimate of drug-likeness (QED) is 0.423. The van der Waals surface area contributed by atoms with E-state index in [0.29, 0.717) is 13.0 Å². The molecule has 2 N–H and O–H groups in total. The third-order valence-electron chi connectivity index (χ3n) is 6.56. The lowest BCUT2D eigenvalue weighted by Gasteiger charge is -2.17. The highest BCUT2D eigenvalue weighted by molar-refractivity contribution is 7.91. The molecule has 0 spiro atoms. The summed E-state index contributed by atoms with van der Waals surface area (Å²) >= 11 is 1.78. The van der Waals surface area contributed by atoms with Gasteiger partial charge in [-0.1, -0.05) is 24.3 Å². The number of rotatable bonds is 7. The minimum atomic E-state index is -2.94. The van der Waals surface area contributed by atoms with Crippen molar-refractivity contribution in [2.24, 2.45) is 0 Å². The molecule has 0 radical (unpaired) electrons. The molecule has 2 atom stereocenters. The number of hydrogen-bond acceptors (Lipinski definition) is 5. The number of benzene rings is 1. The maximum atomic E-state index is 11.9. The molecule has 1 aromatic carbocycles. The highest BCUT2D eigenvalue weighted by atomic mass is 32.2. The minimum Gasteiger partial charge on any atom is -0.361 e. The summed E-state index contributed by atoms with van der Waals surface area (Å²) in [5.41, 5.74) is 5.66. The van der Waals surface area contributed by atoms with Gasteiger partial charge in [-0.25, -0.2) is 8.42 Å². The number of H-pyrrole nitrogens is 1. The van der Waals surface area contributed by atoms with Crippen molar-refractivity contribution in [3.63, 3.8) is 0 Å². The summed E-state index contributed by atoms with van der Waals surface area (Å²) in [7, 11) is -2.94. The first-order chi connectivity index (χ1) is 15.4. The van der Waals surface area contributed by atoms with Gasteiger partial charge in [-0.15, -0.1) is 11.3 Å². The summed E-state index contributed by atoms with van der Waals surface area (Å²) < 4.78 is 25.8. The second-order valence-corrected chi connectivity index (χ2v) is 11.8. The molecule has 32 heavy (non-hydrogen) atoms. The van der Waals surface area contributed by atoms with E-state index in [0.717, 1.165) is 29.0 Å². The van der Waals surface area contributed by atoms with Gasteiger partial charge in [0.15, 0.2) is 9.84 Å². The molecule has 4 heterocycles. The van der Waals surface area contributed by atoms with Crippen LogP contribution in [0.15, 0.2) is 48.0 Å². The molecule has 0 aliphatic carbocycles. The number of hydrogen-bond donors (Lipinski definition) is 2. The van der Waals surface area contributed by atoms with Crippen LogP contribution in [0.4, 0.5) is 0 Å². The van der Waals surface area contributed by atoms with Crippen LogP contribution in [-0.4, -0.2) is 41.2 Å². The Kier molecular flexibility index (Phi) is 5.69. The molecule has 0 saturated carbocycles. The van der Waals surface area contributed by atoms with Gasteiger partial charge >= 0.3 is 0 Å². The van der Waals surface area contributed by atoms with Crippen molar-refractivity contribution in [1.82, 2.24) is 20.1 Å². The highest BCUT2D eigenvalue weighted by Crippen LogP contribution is 2.33. The molecule has 0 amide bonds.